The number of rotatable bonds is 9. The molecule has 3 amide bonds. The third-order valence-electron chi connectivity index (χ3n) is 3.47. The lowest BCUT2D eigenvalue weighted by Crippen LogP contribution is -2.53. The Bertz CT molecular complexity index is 663. The molecule has 0 aliphatic rings. The smallest absolute Gasteiger partial charge is 0.243 e. The molecule has 4 N–H and O–H groups in total. The molecule has 0 fully saturated rings. The second kappa shape index (κ2) is 9.51. The van der Waals surface area contributed by atoms with E-state index in [1.165, 1.54) is 32.0 Å². The van der Waals surface area contributed by atoms with Crippen LogP contribution in [0.25, 0.3) is 0 Å². The SMILES string of the molecule is CC(=O)CC[C@H](NC(=O)[C@H](Cc1cccc(F)c1)NC(C)=O)C(N)=O. The Morgan fingerprint density at radius 1 is 1.12 bits per heavy atom. The van der Waals surface area contributed by atoms with Crippen LogP contribution >= 0.6 is 0 Å². The highest BCUT2D eigenvalue weighted by Gasteiger charge is 2.25. The molecule has 2 atom stereocenters. The Morgan fingerprint density at radius 2 is 1.80 bits per heavy atom. The summed E-state index contributed by atoms with van der Waals surface area (Å²) < 4.78 is 13.3. The molecule has 136 valence electrons. The van der Waals surface area contributed by atoms with Crippen LogP contribution in [0.4, 0.5) is 4.39 Å². The van der Waals surface area contributed by atoms with Gasteiger partial charge in [-0.15, -0.1) is 0 Å². The molecule has 0 saturated heterocycles. The van der Waals surface area contributed by atoms with Crippen molar-refractivity contribution < 1.29 is 23.6 Å². The van der Waals surface area contributed by atoms with Crippen LogP contribution in [0, 0.1) is 5.82 Å². The van der Waals surface area contributed by atoms with Crippen molar-refractivity contribution in [3.63, 3.8) is 0 Å². The summed E-state index contributed by atoms with van der Waals surface area (Å²) in [5.74, 6) is -2.46. The Morgan fingerprint density at radius 3 is 2.32 bits per heavy atom. The first-order valence-corrected chi connectivity index (χ1v) is 7.79. The van der Waals surface area contributed by atoms with Gasteiger partial charge in [0.15, 0.2) is 0 Å². The molecule has 0 heterocycles. The van der Waals surface area contributed by atoms with E-state index in [4.69, 9.17) is 5.73 Å². The maximum Gasteiger partial charge on any atom is 0.243 e. The van der Waals surface area contributed by atoms with Crippen LogP contribution in [0.3, 0.4) is 0 Å². The number of nitrogens with two attached hydrogens (primary N) is 1. The lowest BCUT2D eigenvalue weighted by molar-refractivity contribution is -0.131. The van der Waals surface area contributed by atoms with E-state index in [1.54, 1.807) is 6.07 Å². The number of hydrogen-bond acceptors (Lipinski definition) is 4. The first-order chi connectivity index (χ1) is 11.7. The largest absolute Gasteiger partial charge is 0.368 e. The van der Waals surface area contributed by atoms with E-state index in [2.05, 4.69) is 10.6 Å². The second-order valence-corrected chi connectivity index (χ2v) is 5.79. The minimum atomic E-state index is -1.03. The zero-order valence-corrected chi connectivity index (χ0v) is 14.2. The highest BCUT2D eigenvalue weighted by atomic mass is 19.1. The molecule has 1 rings (SSSR count). The molecular weight excluding hydrogens is 329 g/mol. The Hall–Kier alpha value is -2.77. The van der Waals surface area contributed by atoms with Gasteiger partial charge < -0.3 is 21.2 Å². The highest BCUT2D eigenvalue weighted by Crippen LogP contribution is 2.08. The molecule has 0 bridgehead atoms. The van der Waals surface area contributed by atoms with Crippen LogP contribution in [-0.2, 0) is 25.6 Å². The van der Waals surface area contributed by atoms with Crippen molar-refractivity contribution >= 4 is 23.5 Å². The zero-order valence-electron chi connectivity index (χ0n) is 14.2. The number of carbonyl (C=O) groups is 4. The van der Waals surface area contributed by atoms with Crippen LogP contribution in [0.15, 0.2) is 24.3 Å². The predicted octanol–water partition coefficient (Wildman–Crippen LogP) is 0.212. The summed E-state index contributed by atoms with van der Waals surface area (Å²) in [4.78, 5) is 46.3. The maximum absolute atomic E-state index is 13.3. The topological polar surface area (TPSA) is 118 Å². The first kappa shape index (κ1) is 20.3. The maximum atomic E-state index is 13.3. The molecule has 0 aromatic heterocycles. The van der Waals surface area contributed by atoms with E-state index in [9.17, 15) is 23.6 Å². The summed E-state index contributed by atoms with van der Waals surface area (Å²) in [6.45, 7) is 2.61. The van der Waals surface area contributed by atoms with Gasteiger partial charge in [-0.1, -0.05) is 12.1 Å². The Labute approximate surface area is 145 Å². The van der Waals surface area contributed by atoms with Gasteiger partial charge in [-0.2, -0.15) is 0 Å². The molecule has 0 unspecified atom stereocenters. The molecule has 0 aliphatic carbocycles. The normalized spacial score (nSPS) is 12.8. The number of nitrogens with one attached hydrogen (secondary N) is 2. The van der Waals surface area contributed by atoms with Gasteiger partial charge in [-0.3, -0.25) is 14.4 Å². The van der Waals surface area contributed by atoms with Crippen molar-refractivity contribution in [2.75, 3.05) is 0 Å². The van der Waals surface area contributed by atoms with E-state index < -0.39 is 35.6 Å². The quantitative estimate of drug-likeness (QED) is 0.589. The van der Waals surface area contributed by atoms with Crippen molar-refractivity contribution in [3.05, 3.63) is 35.6 Å². The lowest BCUT2D eigenvalue weighted by atomic mass is 10.0. The summed E-state index contributed by atoms with van der Waals surface area (Å²) in [6, 6.07) is 3.60. The summed E-state index contributed by atoms with van der Waals surface area (Å²) >= 11 is 0. The third kappa shape index (κ3) is 7.56. The third-order valence-corrected chi connectivity index (χ3v) is 3.47. The molecule has 1 aromatic rings. The zero-order chi connectivity index (χ0) is 19.0. The second-order valence-electron chi connectivity index (χ2n) is 5.79. The van der Waals surface area contributed by atoms with Crippen molar-refractivity contribution in [2.45, 2.75) is 45.2 Å². The van der Waals surface area contributed by atoms with Crippen LogP contribution < -0.4 is 16.4 Å². The van der Waals surface area contributed by atoms with Gasteiger partial charge in [0, 0.05) is 19.8 Å². The van der Waals surface area contributed by atoms with Crippen molar-refractivity contribution in [2.24, 2.45) is 5.73 Å². The molecule has 0 radical (unpaired) electrons. The van der Waals surface area contributed by atoms with Crippen molar-refractivity contribution in [1.29, 1.82) is 0 Å². The molecule has 8 heteroatoms. The van der Waals surface area contributed by atoms with Gasteiger partial charge in [-0.05, 0) is 31.0 Å². The number of ketones is 1. The Kier molecular flexibility index (Phi) is 7.71. The monoisotopic (exact) mass is 351 g/mol. The average molecular weight is 351 g/mol. The van der Waals surface area contributed by atoms with Crippen LogP contribution in [-0.4, -0.2) is 35.6 Å². The van der Waals surface area contributed by atoms with Gasteiger partial charge in [-0.25, -0.2) is 4.39 Å². The summed E-state index contributed by atoms with van der Waals surface area (Å²) in [6.07, 6.45) is 0.202. The molecule has 0 spiro atoms. The molecule has 25 heavy (non-hydrogen) atoms. The average Bonchev–Trinajstić information content (AvgIpc) is 2.49. The number of primary amides is 1. The fraction of sp³-hybridized carbons (Fsp3) is 0.412. The standard InChI is InChI=1S/C17H22FN3O4/c1-10(22)6-7-14(16(19)24)21-17(25)15(20-11(2)23)9-12-4-3-5-13(18)8-12/h3-5,8,14-15H,6-7,9H2,1-2H3,(H2,19,24)(H,20,23)(H,21,25)/t14-,15-/m0/s1. The van der Waals surface area contributed by atoms with E-state index in [0.29, 0.717) is 5.56 Å². The number of Topliss-reactive ketones (excluding diaryl/α,β-unsaturated/α-hetero) is 1. The minimum absolute atomic E-state index is 0.0430. The lowest BCUT2D eigenvalue weighted by Gasteiger charge is -2.21. The van der Waals surface area contributed by atoms with E-state index in [-0.39, 0.29) is 25.0 Å². The summed E-state index contributed by atoms with van der Waals surface area (Å²) in [7, 11) is 0. The van der Waals surface area contributed by atoms with Crippen LogP contribution in [0.1, 0.15) is 32.3 Å². The van der Waals surface area contributed by atoms with Crippen molar-refractivity contribution in [3.8, 4) is 0 Å². The molecule has 1 aromatic carbocycles. The van der Waals surface area contributed by atoms with Crippen LogP contribution in [0.5, 0.6) is 0 Å². The molecule has 7 nitrogen and oxygen atoms in total. The van der Waals surface area contributed by atoms with Gasteiger partial charge in [0.25, 0.3) is 0 Å². The number of hydrogen-bond donors (Lipinski definition) is 3. The molecule has 0 saturated carbocycles. The summed E-state index contributed by atoms with van der Waals surface area (Å²) in [5, 5.41) is 4.90. The molecular formula is C17H22FN3O4. The highest BCUT2D eigenvalue weighted by molar-refractivity contribution is 5.91. The van der Waals surface area contributed by atoms with Gasteiger partial charge in [0.2, 0.25) is 17.7 Å². The summed E-state index contributed by atoms with van der Waals surface area (Å²) in [5.41, 5.74) is 5.75. The molecule has 0 aliphatic heterocycles. The number of carbonyl (C=O) groups excluding carboxylic acids is 4. The number of benzene rings is 1. The fourth-order valence-corrected chi connectivity index (χ4v) is 2.26. The van der Waals surface area contributed by atoms with E-state index >= 15 is 0 Å². The first-order valence-electron chi connectivity index (χ1n) is 7.79. The van der Waals surface area contributed by atoms with Crippen LogP contribution in [0.2, 0.25) is 0 Å². The van der Waals surface area contributed by atoms with Crippen molar-refractivity contribution in [1.82, 2.24) is 10.6 Å². The predicted molar refractivity (Wildman–Crippen MR) is 88.7 cm³/mol. The van der Waals surface area contributed by atoms with Gasteiger partial charge >= 0.3 is 0 Å². The number of amides is 3. The van der Waals surface area contributed by atoms with Gasteiger partial charge in [0.05, 0.1) is 0 Å². The Balaban J connectivity index is 2.85. The van der Waals surface area contributed by atoms with Gasteiger partial charge in [0.1, 0.15) is 23.7 Å². The fourth-order valence-electron chi connectivity index (χ4n) is 2.26. The van der Waals surface area contributed by atoms with E-state index in [1.807, 2.05) is 0 Å². The number of halogens is 1. The minimum Gasteiger partial charge on any atom is -0.368 e. The van der Waals surface area contributed by atoms with E-state index in [0.717, 1.165) is 0 Å².